The largest absolute Gasteiger partial charge is 0.463 e. The van der Waals surface area contributed by atoms with Gasteiger partial charge in [-0.25, -0.2) is 9.59 Å². The average molecular weight is 286 g/mol. The van der Waals surface area contributed by atoms with Crippen molar-refractivity contribution < 1.29 is 23.8 Å². The van der Waals surface area contributed by atoms with Gasteiger partial charge in [-0.3, -0.25) is 0 Å². The van der Waals surface area contributed by atoms with Crippen LogP contribution < -0.4 is 0 Å². The van der Waals surface area contributed by atoms with E-state index in [1.807, 2.05) is 16.8 Å². The van der Waals surface area contributed by atoms with Crippen LogP contribution in [0.15, 0.2) is 16.8 Å². The zero-order valence-electron chi connectivity index (χ0n) is 11.3. The summed E-state index contributed by atoms with van der Waals surface area (Å²) in [5, 5.41) is 3.72. The third-order valence-corrected chi connectivity index (χ3v) is 3.32. The lowest BCUT2D eigenvalue weighted by atomic mass is 9.95. The summed E-state index contributed by atoms with van der Waals surface area (Å²) in [5.74, 6) is -1.44. The third-order valence-electron chi connectivity index (χ3n) is 2.59. The van der Waals surface area contributed by atoms with Gasteiger partial charge in [-0.15, -0.1) is 0 Å². The molecule has 0 saturated heterocycles. The van der Waals surface area contributed by atoms with Crippen LogP contribution in [0.4, 0.5) is 0 Å². The lowest BCUT2D eigenvalue weighted by molar-refractivity contribution is -0.187. The summed E-state index contributed by atoms with van der Waals surface area (Å²) in [6, 6.07) is 1.83. The molecule has 1 aromatic heterocycles. The van der Waals surface area contributed by atoms with Gasteiger partial charge >= 0.3 is 11.9 Å². The number of ether oxygens (including phenoxy) is 3. The lowest BCUT2D eigenvalue weighted by Gasteiger charge is -2.27. The summed E-state index contributed by atoms with van der Waals surface area (Å²) >= 11 is 1.48. The molecule has 5 nitrogen and oxygen atoms in total. The molecular formula is C13H18O5S. The molecule has 0 N–H and O–H groups in total. The summed E-state index contributed by atoms with van der Waals surface area (Å²) in [6.45, 7) is 3.70. The highest BCUT2D eigenvalue weighted by Crippen LogP contribution is 2.23. The minimum Gasteiger partial charge on any atom is -0.463 e. The maximum absolute atomic E-state index is 12.1. The van der Waals surface area contributed by atoms with E-state index >= 15 is 0 Å². The second kappa shape index (κ2) is 7.25. The Bertz CT molecular complexity index is 395. The summed E-state index contributed by atoms with van der Waals surface area (Å²) in [5.41, 5.74) is -0.902. The monoisotopic (exact) mass is 286 g/mol. The van der Waals surface area contributed by atoms with Crippen LogP contribution in [0.2, 0.25) is 0 Å². The number of methoxy groups -OCH3 is 1. The standard InChI is InChI=1S/C13H18O5S/c1-4-17-11(14)13(16-3,12(15)18-5-2)8-10-6-7-19-9-10/h6-7,9H,4-5,8H2,1-3H3. The van der Waals surface area contributed by atoms with Crippen molar-refractivity contribution >= 4 is 23.3 Å². The molecule has 0 amide bonds. The van der Waals surface area contributed by atoms with Gasteiger partial charge in [0.2, 0.25) is 0 Å². The van der Waals surface area contributed by atoms with Crippen molar-refractivity contribution in [3.05, 3.63) is 22.4 Å². The fourth-order valence-corrected chi connectivity index (χ4v) is 2.31. The van der Waals surface area contributed by atoms with Gasteiger partial charge in [-0.1, -0.05) is 0 Å². The van der Waals surface area contributed by atoms with E-state index < -0.39 is 17.5 Å². The molecule has 6 heteroatoms. The quantitative estimate of drug-likeness (QED) is 0.565. The number of carbonyl (C=O) groups excluding carboxylic acids is 2. The van der Waals surface area contributed by atoms with E-state index in [9.17, 15) is 9.59 Å². The molecule has 0 aliphatic rings. The summed E-state index contributed by atoms with van der Waals surface area (Å²) in [7, 11) is 1.31. The number of thiophene rings is 1. The average Bonchev–Trinajstić information content (AvgIpc) is 2.89. The lowest BCUT2D eigenvalue weighted by Crippen LogP contribution is -2.52. The number of esters is 2. The zero-order valence-corrected chi connectivity index (χ0v) is 12.1. The van der Waals surface area contributed by atoms with Crippen molar-refractivity contribution in [2.45, 2.75) is 25.9 Å². The molecule has 1 heterocycles. The van der Waals surface area contributed by atoms with Crippen LogP contribution in [0, 0.1) is 0 Å². The minimum absolute atomic E-state index is 0.102. The number of hydrogen-bond acceptors (Lipinski definition) is 6. The normalized spacial score (nSPS) is 11.1. The van der Waals surface area contributed by atoms with E-state index in [4.69, 9.17) is 14.2 Å². The van der Waals surface area contributed by atoms with Crippen LogP contribution in [0.5, 0.6) is 0 Å². The van der Waals surface area contributed by atoms with Gasteiger partial charge in [0.25, 0.3) is 5.60 Å². The molecule has 0 aromatic carbocycles. The molecule has 0 aliphatic heterocycles. The van der Waals surface area contributed by atoms with Crippen LogP contribution in [0.3, 0.4) is 0 Å². The Kier molecular flexibility index (Phi) is 5.98. The van der Waals surface area contributed by atoms with Gasteiger partial charge in [-0.2, -0.15) is 11.3 Å². The molecule has 0 saturated carbocycles. The molecule has 1 rings (SSSR count). The first kappa shape index (κ1) is 15.7. The van der Waals surface area contributed by atoms with E-state index in [1.165, 1.54) is 18.4 Å². The zero-order chi connectivity index (χ0) is 14.3. The predicted molar refractivity (Wildman–Crippen MR) is 71.0 cm³/mol. The smallest absolute Gasteiger partial charge is 0.350 e. The second-order valence-corrected chi connectivity index (χ2v) is 4.56. The van der Waals surface area contributed by atoms with Crippen molar-refractivity contribution in [1.29, 1.82) is 0 Å². The van der Waals surface area contributed by atoms with Crippen LogP contribution in [-0.4, -0.2) is 37.9 Å². The molecule has 0 bridgehead atoms. The first-order valence-electron chi connectivity index (χ1n) is 6.01. The Balaban J connectivity index is 3.05. The molecule has 19 heavy (non-hydrogen) atoms. The molecule has 0 radical (unpaired) electrons. The summed E-state index contributed by atoms with van der Waals surface area (Å²) < 4.78 is 15.1. The molecule has 0 unspecified atom stereocenters. The predicted octanol–water partition coefficient (Wildman–Crippen LogP) is 1.80. The van der Waals surface area contributed by atoms with E-state index in [2.05, 4.69) is 0 Å². The maximum Gasteiger partial charge on any atom is 0.350 e. The van der Waals surface area contributed by atoms with Gasteiger partial charge in [0.1, 0.15) is 0 Å². The Labute approximate surface area is 116 Å². The molecule has 0 atom stereocenters. The topological polar surface area (TPSA) is 61.8 Å². The van der Waals surface area contributed by atoms with Crippen molar-refractivity contribution in [3.63, 3.8) is 0 Å². The summed E-state index contributed by atoms with van der Waals surface area (Å²) in [4.78, 5) is 24.2. The van der Waals surface area contributed by atoms with Gasteiger partial charge in [0, 0.05) is 13.5 Å². The SMILES string of the molecule is CCOC(=O)C(Cc1ccsc1)(OC)C(=O)OCC. The first-order valence-corrected chi connectivity index (χ1v) is 6.95. The molecule has 1 aromatic rings. The highest BCUT2D eigenvalue weighted by atomic mass is 32.1. The van der Waals surface area contributed by atoms with Gasteiger partial charge in [0.15, 0.2) is 0 Å². The minimum atomic E-state index is -1.73. The number of hydrogen-bond donors (Lipinski definition) is 0. The molecule has 106 valence electrons. The van der Waals surface area contributed by atoms with Crippen molar-refractivity contribution in [3.8, 4) is 0 Å². The van der Waals surface area contributed by atoms with Gasteiger partial charge in [0.05, 0.1) is 13.2 Å². The summed E-state index contributed by atoms with van der Waals surface area (Å²) in [6.07, 6.45) is 0.102. The van der Waals surface area contributed by atoms with Crippen LogP contribution in [-0.2, 0) is 30.2 Å². The molecule has 0 spiro atoms. The Morgan fingerprint density at radius 1 is 1.21 bits per heavy atom. The second-order valence-electron chi connectivity index (χ2n) is 3.78. The van der Waals surface area contributed by atoms with Gasteiger partial charge < -0.3 is 14.2 Å². The maximum atomic E-state index is 12.1. The highest BCUT2D eigenvalue weighted by Gasteiger charge is 2.49. The van der Waals surface area contributed by atoms with E-state index in [0.717, 1.165) is 5.56 Å². The molecule has 0 aliphatic carbocycles. The Hall–Kier alpha value is -1.40. The highest BCUT2D eigenvalue weighted by molar-refractivity contribution is 7.07. The third kappa shape index (κ3) is 3.54. The van der Waals surface area contributed by atoms with E-state index in [0.29, 0.717) is 0 Å². The van der Waals surface area contributed by atoms with E-state index in [-0.39, 0.29) is 19.6 Å². The Morgan fingerprint density at radius 3 is 2.16 bits per heavy atom. The van der Waals surface area contributed by atoms with Crippen molar-refractivity contribution in [2.24, 2.45) is 0 Å². The van der Waals surface area contributed by atoms with Crippen molar-refractivity contribution in [1.82, 2.24) is 0 Å². The molecular weight excluding hydrogens is 268 g/mol. The van der Waals surface area contributed by atoms with E-state index in [1.54, 1.807) is 13.8 Å². The molecule has 0 fully saturated rings. The van der Waals surface area contributed by atoms with Gasteiger partial charge in [-0.05, 0) is 36.2 Å². The van der Waals surface area contributed by atoms with Crippen LogP contribution in [0.1, 0.15) is 19.4 Å². The van der Waals surface area contributed by atoms with Crippen LogP contribution >= 0.6 is 11.3 Å². The first-order chi connectivity index (χ1) is 9.10. The van der Waals surface area contributed by atoms with Crippen molar-refractivity contribution in [2.75, 3.05) is 20.3 Å². The fraction of sp³-hybridized carbons (Fsp3) is 0.538. The van der Waals surface area contributed by atoms with Crippen LogP contribution in [0.25, 0.3) is 0 Å². The number of carbonyl (C=O) groups is 2. The number of rotatable bonds is 7. The Morgan fingerprint density at radius 2 is 1.79 bits per heavy atom. The fourth-order valence-electron chi connectivity index (χ4n) is 1.64.